The van der Waals surface area contributed by atoms with Gasteiger partial charge in [0.05, 0.1) is 10.6 Å². The maximum Gasteiger partial charge on any atom is 0.179 e. The molecule has 1 heterocycles. The normalized spacial score (nSPS) is 25.2. The van der Waals surface area contributed by atoms with Crippen LogP contribution >= 0.6 is 15.9 Å². The Morgan fingerprint density at radius 3 is 2.65 bits per heavy atom. The molecule has 0 saturated heterocycles. The molecule has 0 fully saturated rings. The first-order valence-corrected chi connectivity index (χ1v) is 8.59. The van der Waals surface area contributed by atoms with Crippen LogP contribution in [0.4, 0.5) is 0 Å². The fourth-order valence-corrected chi connectivity index (χ4v) is 5.30. The van der Waals surface area contributed by atoms with Gasteiger partial charge in [-0.15, -0.1) is 0 Å². The Morgan fingerprint density at radius 2 is 2.06 bits per heavy atom. The van der Waals surface area contributed by atoms with Crippen molar-refractivity contribution < 1.29 is 8.42 Å². The number of halogens is 1. The van der Waals surface area contributed by atoms with Crippen LogP contribution in [0.5, 0.6) is 0 Å². The molecule has 2 atom stereocenters. The lowest BCUT2D eigenvalue weighted by atomic mass is 9.74. The van der Waals surface area contributed by atoms with Gasteiger partial charge in [-0.25, -0.2) is 8.42 Å². The second-order valence-corrected chi connectivity index (χ2v) is 7.58. The Labute approximate surface area is 111 Å². The monoisotopic (exact) mass is 316 g/mol. The molecule has 0 aromatic heterocycles. The van der Waals surface area contributed by atoms with E-state index >= 15 is 0 Å². The zero-order valence-corrected chi connectivity index (χ0v) is 12.5. The average Bonchev–Trinajstić information content (AvgIpc) is 2.62. The first-order valence-electron chi connectivity index (χ1n) is 5.82. The van der Waals surface area contributed by atoms with Crippen molar-refractivity contribution in [1.29, 1.82) is 0 Å². The highest BCUT2D eigenvalue weighted by Gasteiger charge is 2.43. The van der Waals surface area contributed by atoms with Crippen molar-refractivity contribution in [3.8, 4) is 0 Å². The van der Waals surface area contributed by atoms with Crippen molar-refractivity contribution in [1.82, 2.24) is 0 Å². The topological polar surface area (TPSA) is 34.1 Å². The van der Waals surface area contributed by atoms with Gasteiger partial charge in [-0.2, -0.15) is 0 Å². The molecule has 4 heteroatoms. The van der Waals surface area contributed by atoms with Gasteiger partial charge in [0, 0.05) is 11.2 Å². The van der Waals surface area contributed by atoms with E-state index in [1.807, 2.05) is 12.1 Å². The molecule has 1 aromatic rings. The molecule has 1 aromatic carbocycles. The molecule has 2 rings (SSSR count). The average molecular weight is 317 g/mol. The van der Waals surface area contributed by atoms with E-state index in [1.165, 1.54) is 0 Å². The van der Waals surface area contributed by atoms with E-state index in [0.717, 1.165) is 17.3 Å². The fourth-order valence-electron chi connectivity index (χ4n) is 2.46. The van der Waals surface area contributed by atoms with Gasteiger partial charge in [0.2, 0.25) is 0 Å². The molecular formula is C13H17BrO2S. The largest absolute Gasteiger partial charge is 0.224 e. The van der Waals surface area contributed by atoms with Crippen molar-refractivity contribution in [3.05, 3.63) is 29.8 Å². The molecule has 0 saturated carbocycles. The predicted molar refractivity (Wildman–Crippen MR) is 73.4 cm³/mol. The van der Waals surface area contributed by atoms with E-state index in [4.69, 9.17) is 0 Å². The quantitative estimate of drug-likeness (QED) is 0.801. The van der Waals surface area contributed by atoms with Crippen LogP contribution in [-0.2, 0) is 9.84 Å². The summed E-state index contributed by atoms with van der Waals surface area (Å²) >= 11 is 3.54. The molecule has 0 bridgehead atoms. The Balaban J connectivity index is 2.56. The van der Waals surface area contributed by atoms with Crippen molar-refractivity contribution in [2.45, 2.75) is 31.1 Å². The molecule has 94 valence electrons. The summed E-state index contributed by atoms with van der Waals surface area (Å²) in [6.07, 6.45) is 0.965. The van der Waals surface area contributed by atoms with Crippen LogP contribution in [0.15, 0.2) is 29.2 Å². The van der Waals surface area contributed by atoms with Gasteiger partial charge in [0.1, 0.15) is 0 Å². The highest BCUT2D eigenvalue weighted by Crippen LogP contribution is 2.47. The number of benzene rings is 1. The Hall–Kier alpha value is -0.350. The molecule has 0 radical (unpaired) electrons. The number of alkyl halides is 1. The van der Waals surface area contributed by atoms with Gasteiger partial charge in [0.15, 0.2) is 9.84 Å². The number of hydrogen-bond acceptors (Lipinski definition) is 2. The molecule has 0 amide bonds. The molecule has 1 aliphatic rings. The summed E-state index contributed by atoms with van der Waals surface area (Å²) in [5, 5.41) is 0.824. The summed E-state index contributed by atoms with van der Waals surface area (Å²) in [5.41, 5.74) is 0.996. The van der Waals surface area contributed by atoms with Crippen molar-refractivity contribution in [2.24, 2.45) is 5.41 Å². The van der Waals surface area contributed by atoms with E-state index in [9.17, 15) is 8.42 Å². The smallest absolute Gasteiger partial charge is 0.179 e. The second-order valence-electron chi connectivity index (χ2n) is 5.01. The van der Waals surface area contributed by atoms with Gasteiger partial charge in [0.25, 0.3) is 0 Å². The van der Waals surface area contributed by atoms with Gasteiger partial charge in [-0.3, -0.25) is 0 Å². The minimum atomic E-state index is -3.08. The van der Waals surface area contributed by atoms with E-state index < -0.39 is 9.84 Å². The summed E-state index contributed by atoms with van der Waals surface area (Å²) in [4.78, 5) is 0.533. The number of sulfone groups is 1. The van der Waals surface area contributed by atoms with Crippen LogP contribution in [-0.4, -0.2) is 19.5 Å². The minimum Gasteiger partial charge on any atom is -0.224 e. The molecule has 17 heavy (non-hydrogen) atoms. The molecule has 0 aliphatic carbocycles. The number of fused-ring (bicyclic) bond motifs is 1. The number of rotatable bonds is 3. The lowest BCUT2D eigenvalue weighted by molar-refractivity contribution is 0.303. The van der Waals surface area contributed by atoms with Crippen LogP contribution in [0, 0.1) is 5.41 Å². The van der Waals surface area contributed by atoms with E-state index in [-0.39, 0.29) is 17.1 Å². The third-order valence-electron chi connectivity index (χ3n) is 3.97. The summed E-state index contributed by atoms with van der Waals surface area (Å²) in [5.74, 6) is 0.357. The molecule has 1 aliphatic heterocycles. The van der Waals surface area contributed by atoms with Gasteiger partial charge in [-0.05, 0) is 23.5 Å². The maximum absolute atomic E-state index is 12.1. The van der Waals surface area contributed by atoms with Crippen LogP contribution in [0.2, 0.25) is 0 Å². The van der Waals surface area contributed by atoms with Gasteiger partial charge < -0.3 is 0 Å². The maximum atomic E-state index is 12.1. The second kappa shape index (κ2) is 4.39. The first kappa shape index (κ1) is 13.1. The van der Waals surface area contributed by atoms with Gasteiger partial charge in [-0.1, -0.05) is 48.0 Å². The van der Waals surface area contributed by atoms with Crippen LogP contribution in [0.1, 0.15) is 31.7 Å². The third kappa shape index (κ3) is 2.06. The van der Waals surface area contributed by atoms with E-state index in [2.05, 4.69) is 29.8 Å². The number of hydrogen-bond donors (Lipinski definition) is 0. The Kier molecular flexibility index (Phi) is 3.38. The standard InChI is InChI=1S/C13H17BrO2S/c1-3-13(2,9-14)11-8-17(15,16)12-7-5-4-6-10(11)12/h4-7,11H,3,8-9H2,1-2H3. The lowest BCUT2D eigenvalue weighted by Crippen LogP contribution is -2.28. The molecule has 0 spiro atoms. The van der Waals surface area contributed by atoms with Crippen molar-refractivity contribution in [2.75, 3.05) is 11.1 Å². The minimum absolute atomic E-state index is 0.000324. The lowest BCUT2D eigenvalue weighted by Gasteiger charge is -2.32. The predicted octanol–water partition coefficient (Wildman–Crippen LogP) is 3.37. The summed E-state index contributed by atoms with van der Waals surface area (Å²) in [6, 6.07) is 7.42. The zero-order chi connectivity index (χ0) is 12.7. The van der Waals surface area contributed by atoms with Crippen LogP contribution < -0.4 is 0 Å². The van der Waals surface area contributed by atoms with E-state index in [0.29, 0.717) is 4.90 Å². The Bertz CT molecular complexity index is 518. The molecular weight excluding hydrogens is 300 g/mol. The van der Waals surface area contributed by atoms with Gasteiger partial charge >= 0.3 is 0 Å². The Morgan fingerprint density at radius 1 is 1.41 bits per heavy atom. The third-order valence-corrected chi connectivity index (χ3v) is 7.06. The van der Waals surface area contributed by atoms with Crippen molar-refractivity contribution in [3.63, 3.8) is 0 Å². The van der Waals surface area contributed by atoms with Crippen LogP contribution in [0.3, 0.4) is 0 Å². The first-order chi connectivity index (χ1) is 7.94. The molecule has 2 unspecified atom stereocenters. The molecule has 2 nitrogen and oxygen atoms in total. The fraction of sp³-hybridized carbons (Fsp3) is 0.538. The molecule has 0 N–H and O–H groups in total. The highest BCUT2D eigenvalue weighted by atomic mass is 79.9. The highest BCUT2D eigenvalue weighted by molar-refractivity contribution is 9.09. The van der Waals surface area contributed by atoms with Crippen LogP contribution in [0.25, 0.3) is 0 Å². The summed E-state index contributed by atoms with van der Waals surface area (Å²) in [7, 11) is -3.08. The SMILES string of the molecule is CCC(C)(CBr)C1CS(=O)(=O)c2ccccc21. The van der Waals surface area contributed by atoms with E-state index in [1.54, 1.807) is 12.1 Å². The summed E-state index contributed by atoms with van der Waals surface area (Å²) < 4.78 is 24.3. The van der Waals surface area contributed by atoms with Crippen molar-refractivity contribution >= 4 is 25.8 Å². The zero-order valence-electron chi connectivity index (χ0n) is 10.1. The summed E-state index contributed by atoms with van der Waals surface area (Å²) in [6.45, 7) is 4.28.